The molecule has 19 heavy (non-hydrogen) atoms. The van der Waals surface area contributed by atoms with Gasteiger partial charge in [0, 0.05) is 45.3 Å². The standard InChI is InChI=1S/C12H19N5O2/c1-16-6-9(2-3-11(16)18)15-12(19)10-7-17(5-4-13)8-14-10/h7-9H,2-6,13H2,1H3,(H,15,19). The van der Waals surface area contributed by atoms with E-state index in [9.17, 15) is 9.59 Å². The maximum Gasteiger partial charge on any atom is 0.271 e. The first-order chi connectivity index (χ1) is 9.10. The molecule has 1 aromatic rings. The Morgan fingerprint density at radius 3 is 3.11 bits per heavy atom. The molecule has 0 radical (unpaired) electrons. The molecule has 2 rings (SSSR count). The largest absolute Gasteiger partial charge is 0.346 e. The number of nitrogens with two attached hydrogens (primary N) is 1. The summed E-state index contributed by atoms with van der Waals surface area (Å²) in [7, 11) is 1.75. The van der Waals surface area contributed by atoms with Gasteiger partial charge in [0.05, 0.1) is 6.33 Å². The van der Waals surface area contributed by atoms with E-state index in [0.29, 0.717) is 38.2 Å². The molecule has 1 saturated heterocycles. The monoisotopic (exact) mass is 265 g/mol. The van der Waals surface area contributed by atoms with Crippen molar-refractivity contribution >= 4 is 11.8 Å². The number of likely N-dealkylation sites (N-methyl/N-ethyl adjacent to an activating group) is 1. The predicted octanol–water partition coefficient (Wildman–Crippen LogP) is -0.808. The molecule has 104 valence electrons. The van der Waals surface area contributed by atoms with E-state index in [4.69, 9.17) is 5.73 Å². The van der Waals surface area contributed by atoms with Gasteiger partial charge in [0.15, 0.2) is 0 Å². The molecule has 1 aliphatic rings. The van der Waals surface area contributed by atoms with Crippen molar-refractivity contribution < 1.29 is 9.59 Å². The van der Waals surface area contributed by atoms with Crippen LogP contribution in [0.2, 0.25) is 0 Å². The van der Waals surface area contributed by atoms with E-state index in [-0.39, 0.29) is 17.9 Å². The van der Waals surface area contributed by atoms with Gasteiger partial charge in [0.25, 0.3) is 5.91 Å². The minimum atomic E-state index is -0.205. The van der Waals surface area contributed by atoms with Crippen molar-refractivity contribution in [3.05, 3.63) is 18.2 Å². The molecule has 0 aliphatic carbocycles. The number of rotatable bonds is 4. The number of imidazole rings is 1. The van der Waals surface area contributed by atoms with Crippen molar-refractivity contribution in [3.8, 4) is 0 Å². The fourth-order valence-electron chi connectivity index (χ4n) is 2.14. The summed E-state index contributed by atoms with van der Waals surface area (Å²) in [5, 5.41) is 2.90. The highest BCUT2D eigenvalue weighted by Gasteiger charge is 2.24. The third-order valence-electron chi connectivity index (χ3n) is 3.22. The summed E-state index contributed by atoms with van der Waals surface area (Å²) < 4.78 is 1.78. The number of nitrogens with zero attached hydrogens (tertiary/aromatic N) is 3. The predicted molar refractivity (Wildman–Crippen MR) is 69.4 cm³/mol. The highest BCUT2D eigenvalue weighted by atomic mass is 16.2. The average Bonchev–Trinajstić information content (AvgIpc) is 2.83. The average molecular weight is 265 g/mol. The van der Waals surface area contributed by atoms with E-state index in [1.807, 2.05) is 0 Å². The Kier molecular flexibility index (Phi) is 4.16. The topological polar surface area (TPSA) is 93.2 Å². The second-order valence-corrected chi connectivity index (χ2v) is 4.77. The molecule has 2 amide bonds. The summed E-state index contributed by atoms with van der Waals surface area (Å²) >= 11 is 0. The Hall–Kier alpha value is -1.89. The number of hydrogen-bond acceptors (Lipinski definition) is 4. The molecule has 0 aromatic carbocycles. The zero-order valence-corrected chi connectivity index (χ0v) is 11.0. The molecule has 1 unspecified atom stereocenters. The molecule has 1 atom stereocenters. The Bertz CT molecular complexity index is 470. The first-order valence-corrected chi connectivity index (χ1v) is 6.37. The number of piperidine rings is 1. The summed E-state index contributed by atoms with van der Waals surface area (Å²) in [5.74, 6) is -0.0822. The van der Waals surface area contributed by atoms with Crippen molar-refractivity contribution in [2.24, 2.45) is 5.73 Å². The van der Waals surface area contributed by atoms with Gasteiger partial charge in [-0.25, -0.2) is 4.98 Å². The maximum absolute atomic E-state index is 12.0. The molecule has 0 spiro atoms. The van der Waals surface area contributed by atoms with E-state index in [0.717, 1.165) is 0 Å². The number of likely N-dealkylation sites (tertiary alicyclic amines) is 1. The van der Waals surface area contributed by atoms with Crippen LogP contribution < -0.4 is 11.1 Å². The molecule has 1 fully saturated rings. The third-order valence-corrected chi connectivity index (χ3v) is 3.22. The zero-order chi connectivity index (χ0) is 13.8. The number of hydrogen-bond donors (Lipinski definition) is 2. The number of amides is 2. The van der Waals surface area contributed by atoms with Gasteiger partial charge in [-0.2, -0.15) is 0 Å². The molecule has 1 aromatic heterocycles. The van der Waals surface area contributed by atoms with Crippen LogP contribution in [0, 0.1) is 0 Å². The number of carbonyl (C=O) groups excluding carboxylic acids is 2. The van der Waals surface area contributed by atoms with Gasteiger partial charge in [-0.15, -0.1) is 0 Å². The first kappa shape index (κ1) is 13.5. The van der Waals surface area contributed by atoms with Crippen LogP contribution in [0.25, 0.3) is 0 Å². The van der Waals surface area contributed by atoms with Crippen LogP contribution in [0.4, 0.5) is 0 Å². The Morgan fingerprint density at radius 1 is 1.63 bits per heavy atom. The maximum atomic E-state index is 12.0. The van der Waals surface area contributed by atoms with E-state index in [1.54, 1.807) is 29.0 Å². The van der Waals surface area contributed by atoms with Gasteiger partial charge in [-0.05, 0) is 6.42 Å². The normalized spacial score (nSPS) is 19.6. The second kappa shape index (κ2) is 5.83. The summed E-state index contributed by atoms with van der Waals surface area (Å²) in [6, 6.07) is -0.00476. The summed E-state index contributed by atoms with van der Waals surface area (Å²) in [6.45, 7) is 1.70. The molecule has 2 heterocycles. The first-order valence-electron chi connectivity index (χ1n) is 6.37. The van der Waals surface area contributed by atoms with Gasteiger partial charge in [-0.3, -0.25) is 9.59 Å². The Balaban J connectivity index is 1.91. The van der Waals surface area contributed by atoms with Gasteiger partial charge >= 0.3 is 0 Å². The van der Waals surface area contributed by atoms with Crippen LogP contribution in [0.15, 0.2) is 12.5 Å². The van der Waals surface area contributed by atoms with Crippen molar-refractivity contribution in [2.75, 3.05) is 20.1 Å². The van der Waals surface area contributed by atoms with E-state index >= 15 is 0 Å². The molecule has 1 aliphatic heterocycles. The number of aromatic nitrogens is 2. The number of nitrogens with one attached hydrogen (secondary N) is 1. The van der Waals surface area contributed by atoms with Gasteiger partial charge in [0.2, 0.25) is 5.91 Å². The van der Waals surface area contributed by atoms with Crippen LogP contribution in [-0.2, 0) is 11.3 Å². The lowest BCUT2D eigenvalue weighted by Gasteiger charge is -2.29. The summed E-state index contributed by atoms with van der Waals surface area (Å²) in [4.78, 5) is 29.0. The van der Waals surface area contributed by atoms with Crippen LogP contribution in [0.1, 0.15) is 23.3 Å². The second-order valence-electron chi connectivity index (χ2n) is 4.77. The van der Waals surface area contributed by atoms with Crippen molar-refractivity contribution in [1.29, 1.82) is 0 Å². The zero-order valence-electron chi connectivity index (χ0n) is 11.0. The van der Waals surface area contributed by atoms with Crippen molar-refractivity contribution in [1.82, 2.24) is 19.8 Å². The molecular weight excluding hydrogens is 246 g/mol. The summed E-state index contributed by atoms with van der Waals surface area (Å²) in [5.41, 5.74) is 5.82. The Morgan fingerprint density at radius 2 is 2.42 bits per heavy atom. The highest BCUT2D eigenvalue weighted by molar-refractivity contribution is 5.92. The lowest BCUT2D eigenvalue weighted by atomic mass is 10.1. The fraction of sp³-hybridized carbons (Fsp3) is 0.583. The van der Waals surface area contributed by atoms with Crippen LogP contribution in [0.3, 0.4) is 0 Å². The van der Waals surface area contributed by atoms with Crippen molar-refractivity contribution in [3.63, 3.8) is 0 Å². The van der Waals surface area contributed by atoms with Gasteiger partial charge < -0.3 is 20.5 Å². The minimum absolute atomic E-state index is 0.00476. The molecule has 0 saturated carbocycles. The van der Waals surface area contributed by atoms with E-state index in [1.165, 1.54) is 0 Å². The SMILES string of the molecule is CN1CC(NC(=O)c2cn(CCN)cn2)CCC1=O. The van der Waals surface area contributed by atoms with Gasteiger partial charge in [0.1, 0.15) is 5.69 Å². The molecular formula is C12H19N5O2. The van der Waals surface area contributed by atoms with Crippen LogP contribution in [-0.4, -0.2) is 52.4 Å². The molecule has 3 N–H and O–H groups in total. The van der Waals surface area contributed by atoms with Crippen LogP contribution in [0.5, 0.6) is 0 Å². The minimum Gasteiger partial charge on any atom is -0.346 e. The van der Waals surface area contributed by atoms with E-state index < -0.39 is 0 Å². The summed E-state index contributed by atoms with van der Waals surface area (Å²) in [6.07, 6.45) is 4.43. The lowest BCUT2D eigenvalue weighted by Crippen LogP contribution is -2.48. The lowest BCUT2D eigenvalue weighted by molar-refractivity contribution is -0.132. The molecule has 0 bridgehead atoms. The van der Waals surface area contributed by atoms with Crippen LogP contribution >= 0.6 is 0 Å². The van der Waals surface area contributed by atoms with Crippen molar-refractivity contribution in [2.45, 2.75) is 25.4 Å². The molecule has 7 heteroatoms. The fourth-order valence-corrected chi connectivity index (χ4v) is 2.14. The third kappa shape index (κ3) is 3.31. The van der Waals surface area contributed by atoms with E-state index in [2.05, 4.69) is 10.3 Å². The number of carbonyl (C=O) groups is 2. The smallest absolute Gasteiger partial charge is 0.271 e. The quantitative estimate of drug-likeness (QED) is 0.744. The van der Waals surface area contributed by atoms with Gasteiger partial charge in [-0.1, -0.05) is 0 Å². The highest BCUT2D eigenvalue weighted by Crippen LogP contribution is 2.10. The molecule has 7 nitrogen and oxygen atoms in total. The Labute approximate surface area is 111 Å².